The highest BCUT2D eigenvalue weighted by molar-refractivity contribution is 6.05. The van der Waals surface area contributed by atoms with E-state index in [0.717, 1.165) is 24.8 Å². The number of carbonyl (C=O) groups is 2. The zero-order valence-corrected chi connectivity index (χ0v) is 18.1. The van der Waals surface area contributed by atoms with Crippen molar-refractivity contribution in [2.75, 3.05) is 13.2 Å². The Bertz CT molecular complexity index is 915. The summed E-state index contributed by atoms with van der Waals surface area (Å²) in [6.07, 6.45) is 5.19. The molecule has 2 fully saturated rings. The number of imide groups is 1. The molecule has 2 amide bonds. The summed E-state index contributed by atoms with van der Waals surface area (Å²) in [6, 6.07) is 7.33. The molecule has 0 spiro atoms. The summed E-state index contributed by atoms with van der Waals surface area (Å²) < 4.78 is 6.17. The molecule has 0 radical (unpaired) electrons. The molecule has 0 aromatic heterocycles. The number of benzene rings is 1. The minimum absolute atomic E-state index is 0.00160. The second-order valence-electron chi connectivity index (χ2n) is 8.92. The maximum absolute atomic E-state index is 13.0. The summed E-state index contributed by atoms with van der Waals surface area (Å²) in [4.78, 5) is 27.3. The molecule has 5 nitrogen and oxygen atoms in total. The van der Waals surface area contributed by atoms with Gasteiger partial charge in [0.25, 0.3) is 0 Å². The molecule has 3 aliphatic rings. The van der Waals surface area contributed by atoms with Crippen molar-refractivity contribution in [1.82, 2.24) is 4.90 Å². The first kappa shape index (κ1) is 20.9. The molecule has 0 bridgehead atoms. The Morgan fingerprint density at radius 2 is 2.00 bits per heavy atom. The van der Waals surface area contributed by atoms with Crippen molar-refractivity contribution >= 4 is 17.9 Å². The van der Waals surface area contributed by atoms with Crippen LogP contribution in [0.25, 0.3) is 6.08 Å². The van der Waals surface area contributed by atoms with Crippen molar-refractivity contribution < 1.29 is 19.4 Å². The van der Waals surface area contributed by atoms with Crippen LogP contribution in [0.3, 0.4) is 0 Å². The first-order valence-corrected chi connectivity index (χ1v) is 11.0. The van der Waals surface area contributed by atoms with Gasteiger partial charge in [0.2, 0.25) is 11.8 Å². The molecule has 0 unspecified atom stereocenters. The van der Waals surface area contributed by atoms with E-state index in [1.54, 1.807) is 6.07 Å². The van der Waals surface area contributed by atoms with Crippen molar-refractivity contribution in [3.63, 3.8) is 0 Å². The highest BCUT2D eigenvalue weighted by Gasteiger charge is 2.56. The molecular formula is C25H31NO4. The Morgan fingerprint density at radius 3 is 2.73 bits per heavy atom. The summed E-state index contributed by atoms with van der Waals surface area (Å²) >= 11 is 0. The average Bonchev–Trinajstić information content (AvgIpc) is 3.24. The minimum atomic E-state index is -0.245. The second-order valence-corrected chi connectivity index (χ2v) is 8.92. The number of phenols is 1. The highest BCUT2D eigenvalue weighted by atomic mass is 16.5. The van der Waals surface area contributed by atoms with Gasteiger partial charge in [0, 0.05) is 18.0 Å². The van der Waals surface area contributed by atoms with Crippen LogP contribution >= 0.6 is 0 Å². The molecule has 0 saturated carbocycles. The maximum atomic E-state index is 13.0. The summed E-state index contributed by atoms with van der Waals surface area (Å²) in [5, 5.41) is 9.98. The third kappa shape index (κ3) is 3.60. The molecule has 2 aliphatic heterocycles. The van der Waals surface area contributed by atoms with Gasteiger partial charge in [-0.1, -0.05) is 42.3 Å². The number of rotatable bonds is 6. The lowest BCUT2D eigenvalue weighted by molar-refractivity contribution is -0.140. The molecule has 2 saturated heterocycles. The number of aromatic hydroxyl groups is 1. The minimum Gasteiger partial charge on any atom is -0.507 e. The van der Waals surface area contributed by atoms with Gasteiger partial charge in [-0.05, 0) is 51.2 Å². The van der Waals surface area contributed by atoms with Crippen LogP contribution in [0, 0.1) is 17.8 Å². The topological polar surface area (TPSA) is 66.8 Å². The number of fused-ring (bicyclic) bond motifs is 3. The quantitative estimate of drug-likeness (QED) is 0.561. The van der Waals surface area contributed by atoms with E-state index in [4.69, 9.17) is 4.74 Å². The molecule has 5 heteroatoms. The fraction of sp³-hybridized carbons (Fsp3) is 0.520. The number of allylic oxidation sites excluding steroid dienone is 2. The third-order valence-electron chi connectivity index (χ3n) is 6.83. The van der Waals surface area contributed by atoms with Crippen LogP contribution in [0.15, 0.2) is 41.0 Å². The smallest absolute Gasteiger partial charge is 0.233 e. The van der Waals surface area contributed by atoms with Crippen LogP contribution in [-0.4, -0.2) is 41.1 Å². The summed E-state index contributed by atoms with van der Waals surface area (Å²) in [5.74, 6) is -0.119. The van der Waals surface area contributed by atoms with E-state index in [0.29, 0.717) is 19.6 Å². The van der Waals surface area contributed by atoms with E-state index in [-0.39, 0.29) is 41.4 Å². The number of nitrogens with zero attached hydrogens (tertiary/aromatic N) is 1. The number of likely N-dealkylation sites (tertiary alicyclic amines) is 1. The van der Waals surface area contributed by atoms with Gasteiger partial charge in [-0.15, -0.1) is 0 Å². The molecule has 1 aliphatic carbocycles. The van der Waals surface area contributed by atoms with Crippen LogP contribution in [0.2, 0.25) is 0 Å². The lowest BCUT2D eigenvalue weighted by Crippen LogP contribution is -2.34. The van der Waals surface area contributed by atoms with E-state index in [1.807, 2.05) is 31.2 Å². The summed E-state index contributed by atoms with van der Waals surface area (Å²) in [5.41, 5.74) is 4.48. The Balaban J connectivity index is 1.48. The van der Waals surface area contributed by atoms with E-state index in [2.05, 4.69) is 13.8 Å². The van der Waals surface area contributed by atoms with Crippen LogP contribution in [0.5, 0.6) is 5.75 Å². The number of phenolic OH excluding ortho intramolecular Hbond substituents is 1. The van der Waals surface area contributed by atoms with Crippen LogP contribution in [-0.2, 0) is 14.3 Å². The lowest BCUT2D eigenvalue weighted by atomic mass is 9.70. The fourth-order valence-corrected chi connectivity index (χ4v) is 5.44. The fourth-order valence-electron chi connectivity index (χ4n) is 5.44. The van der Waals surface area contributed by atoms with Gasteiger partial charge in [-0.25, -0.2) is 0 Å². The number of hydrogen-bond donors (Lipinski definition) is 1. The second kappa shape index (κ2) is 8.38. The monoisotopic (exact) mass is 409 g/mol. The lowest BCUT2D eigenvalue weighted by Gasteiger charge is -2.30. The van der Waals surface area contributed by atoms with E-state index >= 15 is 0 Å². The molecule has 1 aromatic carbocycles. The zero-order valence-electron chi connectivity index (χ0n) is 18.1. The molecule has 4 atom stereocenters. The van der Waals surface area contributed by atoms with Gasteiger partial charge in [0.1, 0.15) is 5.75 Å². The molecule has 2 heterocycles. The molecule has 4 rings (SSSR count). The molecular weight excluding hydrogens is 378 g/mol. The number of ether oxygens (including phenoxy) is 1. The van der Waals surface area contributed by atoms with Gasteiger partial charge in [0.05, 0.1) is 24.5 Å². The highest BCUT2D eigenvalue weighted by Crippen LogP contribution is 2.49. The molecule has 160 valence electrons. The SMILES string of the molecule is CCCN1C(=O)[C@@H]2[C@@H](CC(C)=C3[C@@H](CC/C(C)=C/c4ccccc4O)OC[C@@H]32)C1=O. The first-order chi connectivity index (χ1) is 14.4. The normalized spacial score (nSPS) is 28.9. The predicted octanol–water partition coefficient (Wildman–Crippen LogP) is 4.32. The number of hydrogen-bond acceptors (Lipinski definition) is 4. The van der Waals surface area contributed by atoms with E-state index in [9.17, 15) is 14.7 Å². The summed E-state index contributed by atoms with van der Waals surface area (Å²) in [7, 11) is 0. The molecule has 1 aromatic rings. The maximum Gasteiger partial charge on any atom is 0.233 e. The summed E-state index contributed by atoms with van der Waals surface area (Å²) in [6.45, 7) is 7.22. The average molecular weight is 410 g/mol. The number of amides is 2. The van der Waals surface area contributed by atoms with E-state index in [1.165, 1.54) is 21.6 Å². The van der Waals surface area contributed by atoms with Crippen LogP contribution < -0.4 is 0 Å². The Kier molecular flexibility index (Phi) is 5.83. The van der Waals surface area contributed by atoms with Crippen molar-refractivity contribution in [3.8, 4) is 5.75 Å². The van der Waals surface area contributed by atoms with Crippen molar-refractivity contribution in [2.45, 2.75) is 52.6 Å². The third-order valence-corrected chi connectivity index (χ3v) is 6.83. The van der Waals surface area contributed by atoms with Gasteiger partial charge in [0.15, 0.2) is 0 Å². The van der Waals surface area contributed by atoms with Gasteiger partial charge in [-0.2, -0.15) is 0 Å². The van der Waals surface area contributed by atoms with Crippen molar-refractivity contribution in [1.29, 1.82) is 0 Å². The van der Waals surface area contributed by atoms with E-state index < -0.39 is 0 Å². The van der Waals surface area contributed by atoms with Gasteiger partial charge in [-0.3, -0.25) is 14.5 Å². The largest absolute Gasteiger partial charge is 0.507 e. The van der Waals surface area contributed by atoms with Crippen LogP contribution in [0.4, 0.5) is 0 Å². The molecule has 30 heavy (non-hydrogen) atoms. The van der Waals surface area contributed by atoms with Crippen molar-refractivity contribution in [3.05, 3.63) is 46.5 Å². The Hall–Kier alpha value is -2.40. The standard InChI is InChI=1S/C25H31NO4/c1-4-11-26-24(28)18-13-16(3)22-19(23(18)25(26)29)14-30-21(22)10-9-15(2)12-17-7-5-6-8-20(17)27/h5-8,12,18-19,21,23,27H,4,9-11,13-14H2,1-3H3/b15-12+/t18-,19+,21-,23-/m1/s1. The Morgan fingerprint density at radius 1 is 1.23 bits per heavy atom. The van der Waals surface area contributed by atoms with Crippen molar-refractivity contribution in [2.24, 2.45) is 17.8 Å². The first-order valence-electron chi connectivity index (χ1n) is 11.0. The number of carbonyl (C=O) groups excluding carboxylic acids is 2. The van der Waals surface area contributed by atoms with Gasteiger partial charge < -0.3 is 9.84 Å². The van der Waals surface area contributed by atoms with Crippen LogP contribution in [0.1, 0.15) is 52.0 Å². The molecule has 1 N–H and O–H groups in total. The zero-order chi connectivity index (χ0) is 21.4. The van der Waals surface area contributed by atoms with Gasteiger partial charge >= 0.3 is 0 Å². The Labute approximate surface area is 178 Å². The number of para-hydroxylation sites is 1. The predicted molar refractivity (Wildman–Crippen MR) is 116 cm³/mol.